The van der Waals surface area contributed by atoms with Gasteiger partial charge < -0.3 is 10.5 Å². The van der Waals surface area contributed by atoms with E-state index in [0.29, 0.717) is 31.5 Å². The van der Waals surface area contributed by atoms with Crippen LogP contribution in [0.25, 0.3) is 0 Å². The lowest BCUT2D eigenvalue weighted by molar-refractivity contribution is 0.306. The molecular formula is C13H9Cl4NO. The van der Waals surface area contributed by atoms with Crippen LogP contribution in [0.3, 0.4) is 0 Å². The fourth-order valence-corrected chi connectivity index (χ4v) is 2.29. The number of hydrogen-bond donors (Lipinski definition) is 1. The number of nitrogen functional groups attached to an aromatic ring is 1. The summed E-state index contributed by atoms with van der Waals surface area (Å²) >= 11 is 23.8. The molecular weight excluding hydrogens is 328 g/mol. The van der Waals surface area contributed by atoms with Crippen molar-refractivity contribution >= 4 is 52.1 Å². The number of nitrogens with two attached hydrogens (primary N) is 1. The van der Waals surface area contributed by atoms with Crippen molar-refractivity contribution in [2.75, 3.05) is 5.73 Å². The van der Waals surface area contributed by atoms with E-state index in [0.717, 1.165) is 5.56 Å². The minimum absolute atomic E-state index is 0.261. The van der Waals surface area contributed by atoms with E-state index in [9.17, 15) is 0 Å². The zero-order valence-electron chi connectivity index (χ0n) is 9.59. The standard InChI is InChI=1S/C13H9Cl4NO/c14-9-3-8(18)2-1-7(9)6-19-13-5-11(16)10(15)4-12(13)17/h1-5H,6,18H2. The third-order valence-corrected chi connectivity index (χ3v) is 3.80. The van der Waals surface area contributed by atoms with E-state index in [1.807, 2.05) is 0 Å². The van der Waals surface area contributed by atoms with Crippen molar-refractivity contribution in [1.82, 2.24) is 0 Å². The maximum absolute atomic E-state index is 6.05. The average molecular weight is 337 g/mol. The lowest BCUT2D eigenvalue weighted by atomic mass is 10.2. The Morgan fingerprint density at radius 3 is 2.21 bits per heavy atom. The second-order valence-corrected chi connectivity index (χ2v) is 5.47. The summed E-state index contributed by atoms with van der Waals surface area (Å²) in [4.78, 5) is 0. The first-order valence-electron chi connectivity index (χ1n) is 5.28. The molecule has 0 fully saturated rings. The first-order chi connectivity index (χ1) is 8.97. The van der Waals surface area contributed by atoms with Crippen molar-refractivity contribution in [2.24, 2.45) is 0 Å². The maximum atomic E-state index is 6.05. The van der Waals surface area contributed by atoms with Gasteiger partial charge in [0.1, 0.15) is 12.4 Å². The molecule has 100 valence electrons. The maximum Gasteiger partial charge on any atom is 0.139 e. The van der Waals surface area contributed by atoms with E-state index in [-0.39, 0.29) is 6.61 Å². The van der Waals surface area contributed by atoms with Crippen LogP contribution in [0, 0.1) is 0 Å². The average Bonchev–Trinajstić information content (AvgIpc) is 2.34. The highest BCUT2D eigenvalue weighted by Gasteiger charge is 2.08. The van der Waals surface area contributed by atoms with Gasteiger partial charge in [0.05, 0.1) is 15.1 Å². The topological polar surface area (TPSA) is 35.2 Å². The SMILES string of the molecule is Nc1ccc(COc2cc(Cl)c(Cl)cc2Cl)c(Cl)c1. The molecule has 0 aliphatic rings. The Kier molecular flexibility index (Phi) is 4.69. The van der Waals surface area contributed by atoms with Crippen LogP contribution >= 0.6 is 46.4 Å². The molecule has 0 saturated carbocycles. The van der Waals surface area contributed by atoms with Gasteiger partial charge >= 0.3 is 0 Å². The van der Waals surface area contributed by atoms with Gasteiger partial charge in [-0.25, -0.2) is 0 Å². The summed E-state index contributed by atoms with van der Waals surface area (Å²) in [5.74, 6) is 0.448. The van der Waals surface area contributed by atoms with Crippen molar-refractivity contribution < 1.29 is 4.74 Å². The Balaban J connectivity index is 2.16. The molecule has 2 nitrogen and oxygen atoms in total. The van der Waals surface area contributed by atoms with Crippen molar-refractivity contribution in [3.63, 3.8) is 0 Å². The molecule has 0 saturated heterocycles. The molecule has 2 N–H and O–H groups in total. The Bertz CT molecular complexity index is 616. The second-order valence-electron chi connectivity index (χ2n) is 3.84. The van der Waals surface area contributed by atoms with Crippen molar-refractivity contribution in [3.05, 3.63) is 56.0 Å². The molecule has 0 radical (unpaired) electrons. The minimum Gasteiger partial charge on any atom is -0.487 e. The molecule has 0 spiro atoms. The molecule has 0 aliphatic heterocycles. The first-order valence-corrected chi connectivity index (χ1v) is 6.80. The van der Waals surface area contributed by atoms with Crippen LogP contribution in [-0.4, -0.2) is 0 Å². The summed E-state index contributed by atoms with van der Waals surface area (Å²) in [5, 5.41) is 1.69. The van der Waals surface area contributed by atoms with E-state index in [1.54, 1.807) is 24.3 Å². The fourth-order valence-electron chi connectivity index (χ4n) is 1.45. The molecule has 0 aromatic heterocycles. The van der Waals surface area contributed by atoms with Crippen molar-refractivity contribution in [2.45, 2.75) is 6.61 Å². The Morgan fingerprint density at radius 2 is 1.53 bits per heavy atom. The number of rotatable bonds is 3. The number of halogens is 4. The summed E-state index contributed by atoms with van der Waals surface area (Å²) in [6.45, 7) is 0.261. The van der Waals surface area contributed by atoms with E-state index < -0.39 is 0 Å². The highest BCUT2D eigenvalue weighted by molar-refractivity contribution is 6.43. The zero-order valence-corrected chi connectivity index (χ0v) is 12.6. The van der Waals surface area contributed by atoms with Gasteiger partial charge in [-0.15, -0.1) is 0 Å². The highest BCUT2D eigenvalue weighted by Crippen LogP contribution is 2.34. The smallest absolute Gasteiger partial charge is 0.139 e. The van der Waals surface area contributed by atoms with E-state index in [2.05, 4.69) is 0 Å². The van der Waals surface area contributed by atoms with Crippen LogP contribution < -0.4 is 10.5 Å². The summed E-state index contributed by atoms with van der Waals surface area (Å²) in [5.41, 5.74) is 7.02. The van der Waals surface area contributed by atoms with Crippen molar-refractivity contribution in [1.29, 1.82) is 0 Å². The van der Waals surface area contributed by atoms with Crippen LogP contribution in [0.2, 0.25) is 20.1 Å². The van der Waals surface area contributed by atoms with Crippen LogP contribution in [0.1, 0.15) is 5.56 Å². The molecule has 0 heterocycles. The van der Waals surface area contributed by atoms with E-state index in [1.165, 1.54) is 6.07 Å². The Morgan fingerprint density at radius 1 is 0.842 bits per heavy atom. The predicted molar refractivity (Wildman–Crippen MR) is 81.7 cm³/mol. The van der Waals surface area contributed by atoms with Crippen LogP contribution in [0.4, 0.5) is 5.69 Å². The third-order valence-electron chi connectivity index (χ3n) is 2.44. The number of ether oxygens (including phenoxy) is 1. The lowest BCUT2D eigenvalue weighted by Crippen LogP contribution is -1.98. The highest BCUT2D eigenvalue weighted by atomic mass is 35.5. The number of hydrogen-bond acceptors (Lipinski definition) is 2. The summed E-state index contributed by atoms with van der Waals surface area (Å²) in [7, 11) is 0. The quantitative estimate of drug-likeness (QED) is 0.596. The summed E-state index contributed by atoms with van der Waals surface area (Å²) in [6.07, 6.45) is 0. The van der Waals surface area contributed by atoms with Gasteiger partial charge in [-0.2, -0.15) is 0 Å². The van der Waals surface area contributed by atoms with E-state index in [4.69, 9.17) is 56.9 Å². The van der Waals surface area contributed by atoms with Crippen LogP contribution in [0.5, 0.6) is 5.75 Å². The molecule has 0 bridgehead atoms. The van der Waals surface area contributed by atoms with Crippen LogP contribution in [-0.2, 0) is 6.61 Å². The summed E-state index contributed by atoms with van der Waals surface area (Å²) in [6, 6.07) is 8.31. The van der Waals surface area contributed by atoms with Gasteiger partial charge in [-0.1, -0.05) is 52.5 Å². The largest absolute Gasteiger partial charge is 0.487 e. The molecule has 2 aromatic carbocycles. The van der Waals surface area contributed by atoms with Gasteiger partial charge in [0.15, 0.2) is 0 Å². The third kappa shape index (κ3) is 3.61. The predicted octanol–water partition coefficient (Wildman–Crippen LogP) is 5.46. The molecule has 6 heteroatoms. The lowest BCUT2D eigenvalue weighted by Gasteiger charge is -2.10. The monoisotopic (exact) mass is 335 g/mol. The van der Waals surface area contributed by atoms with Gasteiger partial charge in [0.2, 0.25) is 0 Å². The first kappa shape index (κ1) is 14.6. The summed E-state index contributed by atoms with van der Waals surface area (Å²) < 4.78 is 5.58. The van der Waals surface area contributed by atoms with Gasteiger partial charge in [-0.3, -0.25) is 0 Å². The number of benzene rings is 2. The molecule has 0 amide bonds. The minimum atomic E-state index is 0.261. The number of anilines is 1. The molecule has 2 aromatic rings. The van der Waals surface area contributed by atoms with Crippen LogP contribution in [0.15, 0.2) is 30.3 Å². The van der Waals surface area contributed by atoms with Gasteiger partial charge in [-0.05, 0) is 18.2 Å². The normalized spacial score (nSPS) is 10.5. The molecule has 2 rings (SSSR count). The zero-order chi connectivity index (χ0) is 14.0. The van der Waals surface area contributed by atoms with E-state index >= 15 is 0 Å². The second kappa shape index (κ2) is 6.10. The van der Waals surface area contributed by atoms with Gasteiger partial charge in [0, 0.05) is 22.3 Å². The molecule has 0 unspecified atom stereocenters. The molecule has 0 atom stereocenters. The Labute approximate surface area is 131 Å². The molecule has 19 heavy (non-hydrogen) atoms. The van der Waals surface area contributed by atoms with Crippen molar-refractivity contribution in [3.8, 4) is 5.75 Å². The van der Waals surface area contributed by atoms with Gasteiger partial charge in [0.25, 0.3) is 0 Å². The fraction of sp³-hybridized carbons (Fsp3) is 0.0769. The molecule has 0 aliphatic carbocycles. The Hall–Kier alpha value is -0.800.